The van der Waals surface area contributed by atoms with Crippen molar-refractivity contribution in [2.24, 2.45) is 0 Å². The number of amides is 1. The molecule has 2 fully saturated rings. The highest BCUT2D eigenvalue weighted by Gasteiger charge is 2.34. The lowest BCUT2D eigenvalue weighted by Gasteiger charge is -2.45. The molecule has 0 N–H and O–H groups in total. The molecule has 2 atom stereocenters. The van der Waals surface area contributed by atoms with E-state index in [9.17, 15) is 4.79 Å². The number of fused-ring (bicyclic) bond motifs is 2. The number of benzene rings is 2. The number of likely N-dealkylation sites (N-methyl/N-ethyl adjacent to an activating group) is 1. The van der Waals surface area contributed by atoms with E-state index in [4.69, 9.17) is 9.97 Å². The highest BCUT2D eigenvalue weighted by molar-refractivity contribution is 5.97. The van der Waals surface area contributed by atoms with Gasteiger partial charge < -0.3 is 19.6 Å². The summed E-state index contributed by atoms with van der Waals surface area (Å²) in [6.45, 7) is 18.6. The molecule has 0 radical (unpaired) electrons. The summed E-state index contributed by atoms with van der Waals surface area (Å²) in [6.07, 6.45) is 6.64. The molecule has 0 aliphatic carbocycles. The van der Waals surface area contributed by atoms with Gasteiger partial charge in [0.2, 0.25) is 5.91 Å². The van der Waals surface area contributed by atoms with E-state index in [2.05, 4.69) is 103 Å². The molecule has 1 aromatic heterocycles. The first-order valence-electron chi connectivity index (χ1n) is 15.7. The van der Waals surface area contributed by atoms with Crippen LogP contribution in [0.5, 0.6) is 0 Å². The average Bonchev–Trinajstić information content (AvgIpc) is 3.02. The van der Waals surface area contributed by atoms with Gasteiger partial charge in [-0.05, 0) is 63.4 Å². The zero-order valence-corrected chi connectivity index (χ0v) is 26.2. The lowest BCUT2D eigenvalue weighted by molar-refractivity contribution is -0.128. The number of carbonyl (C=O) groups is 1. The Kier molecular flexibility index (Phi) is 8.50. The summed E-state index contributed by atoms with van der Waals surface area (Å²) in [7, 11) is 2.19. The van der Waals surface area contributed by atoms with E-state index in [0.717, 1.165) is 76.1 Å². The first kappa shape index (κ1) is 29.3. The number of aryl methyl sites for hydroxylation is 1. The number of rotatable bonds is 6. The van der Waals surface area contributed by atoms with Crippen molar-refractivity contribution >= 4 is 34.3 Å². The van der Waals surface area contributed by atoms with Crippen LogP contribution < -0.4 is 9.80 Å². The van der Waals surface area contributed by atoms with Gasteiger partial charge >= 0.3 is 0 Å². The summed E-state index contributed by atoms with van der Waals surface area (Å²) in [5, 5.41) is 2.59. The molecule has 0 spiro atoms. The molecule has 1 amide bonds. The van der Waals surface area contributed by atoms with Crippen molar-refractivity contribution in [3.63, 3.8) is 0 Å². The Balaban J connectivity index is 1.33. The molecule has 3 aliphatic heterocycles. The highest BCUT2D eigenvalue weighted by atomic mass is 16.2. The number of nitrogens with zero attached hydrogens (tertiary/aromatic N) is 7. The molecule has 43 heavy (non-hydrogen) atoms. The summed E-state index contributed by atoms with van der Waals surface area (Å²) >= 11 is 0. The maximum absolute atomic E-state index is 12.5. The molecule has 0 unspecified atom stereocenters. The SMILES string of the molecule is C=CC(=O)N1C[C@H](C)N(c2nc(/C=C/CN3CCN(C)CC3)nc3c2CCN(c2cccc4cccc(C)c24)C3)C[C@H]1C. The van der Waals surface area contributed by atoms with E-state index >= 15 is 0 Å². The van der Waals surface area contributed by atoms with Gasteiger partial charge in [-0.3, -0.25) is 9.69 Å². The largest absolute Gasteiger partial charge is 0.365 e. The van der Waals surface area contributed by atoms with Crippen LogP contribution in [0.3, 0.4) is 0 Å². The van der Waals surface area contributed by atoms with Gasteiger partial charge in [0.25, 0.3) is 0 Å². The number of carbonyl (C=O) groups excluding carboxylic acids is 1. The molecule has 0 bridgehead atoms. The molecule has 2 aromatic carbocycles. The molecule has 6 rings (SSSR count). The Bertz CT molecular complexity index is 1520. The number of anilines is 2. The molecule has 2 saturated heterocycles. The minimum atomic E-state index is -0.00253. The fourth-order valence-electron chi connectivity index (χ4n) is 6.90. The molecule has 0 saturated carbocycles. The van der Waals surface area contributed by atoms with E-state index in [-0.39, 0.29) is 18.0 Å². The Hall–Kier alpha value is -3.75. The smallest absolute Gasteiger partial charge is 0.246 e. The molecule has 3 aromatic rings. The second kappa shape index (κ2) is 12.5. The van der Waals surface area contributed by atoms with Crippen molar-refractivity contribution in [1.82, 2.24) is 24.7 Å². The van der Waals surface area contributed by atoms with Crippen LogP contribution in [-0.4, -0.2) is 102 Å². The number of hydrogen-bond acceptors (Lipinski definition) is 7. The van der Waals surface area contributed by atoms with E-state index in [1.165, 1.54) is 33.7 Å². The predicted molar refractivity (Wildman–Crippen MR) is 177 cm³/mol. The van der Waals surface area contributed by atoms with Crippen molar-refractivity contribution in [1.29, 1.82) is 0 Å². The van der Waals surface area contributed by atoms with E-state index in [1.807, 2.05) is 4.90 Å². The number of aromatic nitrogens is 2. The summed E-state index contributed by atoms with van der Waals surface area (Å²) < 4.78 is 0. The van der Waals surface area contributed by atoms with Gasteiger partial charge in [0.15, 0.2) is 5.82 Å². The van der Waals surface area contributed by atoms with Gasteiger partial charge in [0, 0.05) is 81.1 Å². The quantitative estimate of drug-likeness (QED) is 0.402. The third kappa shape index (κ3) is 6.04. The predicted octanol–water partition coefficient (Wildman–Crippen LogP) is 4.37. The Morgan fingerprint density at radius 3 is 2.53 bits per heavy atom. The first-order valence-corrected chi connectivity index (χ1v) is 15.7. The zero-order valence-electron chi connectivity index (χ0n) is 26.2. The van der Waals surface area contributed by atoms with Crippen LogP contribution in [0.4, 0.5) is 11.5 Å². The molecular weight excluding hydrogens is 534 g/mol. The Morgan fingerprint density at radius 1 is 1.00 bits per heavy atom. The van der Waals surface area contributed by atoms with E-state index in [0.29, 0.717) is 6.54 Å². The Labute approximate surface area is 256 Å². The molecule has 3 aliphatic rings. The van der Waals surface area contributed by atoms with Gasteiger partial charge in [0.1, 0.15) is 5.82 Å². The molecule has 4 heterocycles. The van der Waals surface area contributed by atoms with Crippen molar-refractivity contribution in [2.75, 3.05) is 69.2 Å². The summed E-state index contributed by atoms with van der Waals surface area (Å²) in [6, 6.07) is 13.4. The third-order valence-electron chi connectivity index (χ3n) is 9.43. The highest BCUT2D eigenvalue weighted by Crippen LogP contribution is 2.36. The van der Waals surface area contributed by atoms with E-state index in [1.54, 1.807) is 0 Å². The second-order valence-corrected chi connectivity index (χ2v) is 12.5. The first-order chi connectivity index (χ1) is 20.8. The van der Waals surface area contributed by atoms with Crippen LogP contribution in [0, 0.1) is 6.92 Å². The average molecular weight is 580 g/mol. The molecule has 8 heteroatoms. The van der Waals surface area contributed by atoms with Crippen LogP contribution in [0.2, 0.25) is 0 Å². The molecular formula is C35H45N7O. The van der Waals surface area contributed by atoms with E-state index < -0.39 is 0 Å². The van der Waals surface area contributed by atoms with Crippen molar-refractivity contribution < 1.29 is 4.79 Å². The third-order valence-corrected chi connectivity index (χ3v) is 9.43. The maximum atomic E-state index is 12.5. The standard InChI is InChI=1S/C35H45N7O/c1-6-33(43)41-22-27(4)42(23-26(41)3)35-29-15-17-40(31-13-8-12-28-11-7-10-25(2)34(28)31)24-30(29)36-32(37-35)14-9-16-39-20-18-38(5)19-21-39/h6-14,26-27H,1,15-24H2,2-5H3/b14-9+/t26-,27+/m1/s1. The topological polar surface area (TPSA) is 59.1 Å². The minimum absolute atomic E-state index is 0.00253. The summed E-state index contributed by atoms with van der Waals surface area (Å²) in [5.74, 6) is 1.79. The van der Waals surface area contributed by atoms with Gasteiger partial charge in [-0.25, -0.2) is 9.97 Å². The molecule has 226 valence electrons. The van der Waals surface area contributed by atoms with Gasteiger partial charge in [0.05, 0.1) is 12.2 Å². The lowest BCUT2D eigenvalue weighted by Crippen LogP contribution is -2.58. The fraction of sp³-hybridized carbons (Fsp3) is 0.457. The summed E-state index contributed by atoms with van der Waals surface area (Å²) in [5.41, 5.74) is 4.91. The second-order valence-electron chi connectivity index (χ2n) is 12.5. The Morgan fingerprint density at radius 2 is 1.77 bits per heavy atom. The monoisotopic (exact) mass is 579 g/mol. The van der Waals surface area contributed by atoms with Crippen molar-refractivity contribution in [2.45, 2.75) is 45.8 Å². The van der Waals surface area contributed by atoms with Gasteiger partial charge in [-0.1, -0.05) is 43.0 Å². The zero-order chi connectivity index (χ0) is 30.1. The number of piperazine rings is 2. The fourth-order valence-corrected chi connectivity index (χ4v) is 6.90. The van der Waals surface area contributed by atoms with Gasteiger partial charge in [-0.2, -0.15) is 0 Å². The van der Waals surface area contributed by atoms with Crippen LogP contribution in [0.15, 0.2) is 55.1 Å². The van der Waals surface area contributed by atoms with Gasteiger partial charge in [-0.15, -0.1) is 0 Å². The van der Waals surface area contributed by atoms with Crippen molar-refractivity contribution in [3.8, 4) is 0 Å². The van der Waals surface area contributed by atoms with Crippen LogP contribution in [0.25, 0.3) is 16.8 Å². The number of hydrogen-bond donors (Lipinski definition) is 0. The van der Waals surface area contributed by atoms with Crippen LogP contribution in [0.1, 0.15) is 36.5 Å². The maximum Gasteiger partial charge on any atom is 0.246 e. The normalized spacial score (nSPS) is 21.9. The van der Waals surface area contributed by atoms with Crippen molar-refractivity contribution in [3.05, 3.63) is 77.8 Å². The lowest BCUT2D eigenvalue weighted by atomic mass is 9.99. The van der Waals surface area contributed by atoms with Crippen LogP contribution >= 0.6 is 0 Å². The van der Waals surface area contributed by atoms with Crippen LogP contribution in [-0.2, 0) is 17.8 Å². The molecule has 8 nitrogen and oxygen atoms in total. The minimum Gasteiger partial charge on any atom is -0.365 e. The summed E-state index contributed by atoms with van der Waals surface area (Å²) in [4.78, 5) is 34.6.